The van der Waals surface area contributed by atoms with E-state index >= 15 is 0 Å². The highest BCUT2D eigenvalue weighted by molar-refractivity contribution is 7.89. The van der Waals surface area contributed by atoms with E-state index in [2.05, 4.69) is 10.3 Å². The van der Waals surface area contributed by atoms with Gasteiger partial charge in [0, 0.05) is 17.1 Å². The molecule has 0 radical (unpaired) electrons. The third kappa shape index (κ3) is 3.94. The molecule has 140 valence electrons. The summed E-state index contributed by atoms with van der Waals surface area (Å²) in [5.41, 5.74) is 6.19. The van der Waals surface area contributed by atoms with Crippen LogP contribution in [0.4, 0.5) is 0 Å². The fourth-order valence-corrected chi connectivity index (χ4v) is 3.76. The molecule has 6 nitrogen and oxygen atoms in total. The molecular weight excluding hydrogens is 362 g/mol. The number of hydrogen-bond donors (Lipinski definition) is 2. The smallest absolute Gasteiger partial charge is 0.268 e. The van der Waals surface area contributed by atoms with E-state index in [9.17, 15) is 13.2 Å². The summed E-state index contributed by atoms with van der Waals surface area (Å²) in [4.78, 5) is 14.8. The Balaban J connectivity index is 1.80. The van der Waals surface area contributed by atoms with Gasteiger partial charge in [-0.05, 0) is 51.1 Å². The number of hydrogen-bond acceptors (Lipinski definition) is 3. The van der Waals surface area contributed by atoms with Gasteiger partial charge in [0.05, 0.1) is 10.5 Å². The molecule has 3 rings (SSSR count). The minimum absolute atomic E-state index is 0.0863. The summed E-state index contributed by atoms with van der Waals surface area (Å²) in [5, 5.41) is 0. The van der Waals surface area contributed by atoms with E-state index < -0.39 is 15.9 Å². The van der Waals surface area contributed by atoms with Crippen LogP contribution in [0.25, 0.3) is 5.69 Å². The Hall–Kier alpha value is -2.90. The Morgan fingerprint density at radius 1 is 0.926 bits per heavy atom. The molecule has 2 N–H and O–H groups in total. The average Bonchev–Trinajstić information content (AvgIpc) is 2.95. The van der Waals surface area contributed by atoms with Crippen LogP contribution in [0.5, 0.6) is 0 Å². The van der Waals surface area contributed by atoms with Crippen LogP contribution in [0, 0.1) is 20.8 Å². The molecule has 0 unspecified atom stereocenters. The van der Waals surface area contributed by atoms with E-state index in [0.717, 1.165) is 22.6 Å². The quantitative estimate of drug-likeness (QED) is 0.665. The number of rotatable bonds is 5. The number of aromatic nitrogens is 1. The largest absolute Gasteiger partial charge is 0.318 e. The number of sulfonamides is 1. The maximum absolute atomic E-state index is 12.5. The zero-order chi connectivity index (χ0) is 19.6. The van der Waals surface area contributed by atoms with Gasteiger partial charge in [0.25, 0.3) is 15.9 Å². The second-order valence-electron chi connectivity index (χ2n) is 6.33. The Morgan fingerprint density at radius 3 is 2.19 bits per heavy atom. The Kier molecular flexibility index (Phi) is 5.16. The molecule has 1 amide bonds. The summed E-state index contributed by atoms with van der Waals surface area (Å²) in [6.45, 7) is 5.59. The van der Waals surface area contributed by atoms with Gasteiger partial charge in [-0.25, -0.2) is 8.42 Å². The van der Waals surface area contributed by atoms with Crippen LogP contribution in [0.1, 0.15) is 27.3 Å². The predicted molar refractivity (Wildman–Crippen MR) is 104 cm³/mol. The second kappa shape index (κ2) is 7.38. The molecule has 27 heavy (non-hydrogen) atoms. The lowest BCUT2D eigenvalue weighted by molar-refractivity contribution is 0.0944. The van der Waals surface area contributed by atoms with Crippen LogP contribution in [-0.2, 0) is 10.0 Å². The summed E-state index contributed by atoms with van der Waals surface area (Å²) in [6.07, 6.45) is 0. The van der Waals surface area contributed by atoms with Crippen molar-refractivity contribution in [1.82, 2.24) is 14.8 Å². The number of carbonyl (C=O) groups is 1. The maximum atomic E-state index is 12.5. The van der Waals surface area contributed by atoms with E-state index in [1.165, 1.54) is 12.1 Å². The van der Waals surface area contributed by atoms with Crippen molar-refractivity contribution >= 4 is 15.9 Å². The van der Waals surface area contributed by atoms with Crippen molar-refractivity contribution in [2.45, 2.75) is 25.7 Å². The monoisotopic (exact) mass is 383 g/mol. The zero-order valence-electron chi connectivity index (χ0n) is 15.4. The third-order valence-corrected chi connectivity index (χ3v) is 5.58. The molecule has 2 aromatic carbocycles. The van der Waals surface area contributed by atoms with Gasteiger partial charge in [0.1, 0.15) is 0 Å². The van der Waals surface area contributed by atoms with Crippen LogP contribution in [0.15, 0.2) is 65.6 Å². The van der Waals surface area contributed by atoms with E-state index in [1.807, 2.05) is 55.7 Å². The minimum atomic E-state index is -3.84. The molecule has 0 bridgehead atoms. The number of hydrazine groups is 1. The number of amides is 1. The lowest BCUT2D eigenvalue weighted by Gasteiger charge is -2.11. The normalized spacial score (nSPS) is 11.4. The second-order valence-corrected chi connectivity index (χ2v) is 8.01. The third-order valence-electron chi connectivity index (χ3n) is 4.32. The number of carbonyl (C=O) groups excluding carboxylic acids is 1. The first-order valence-electron chi connectivity index (χ1n) is 8.43. The lowest BCUT2D eigenvalue weighted by Crippen LogP contribution is -2.41. The van der Waals surface area contributed by atoms with Gasteiger partial charge in [-0.2, -0.15) is 0 Å². The van der Waals surface area contributed by atoms with Gasteiger partial charge in [-0.15, -0.1) is 4.83 Å². The highest BCUT2D eigenvalue weighted by Gasteiger charge is 2.19. The molecule has 0 saturated carbocycles. The molecule has 3 aromatic rings. The maximum Gasteiger partial charge on any atom is 0.268 e. The van der Waals surface area contributed by atoms with Gasteiger partial charge in [0.15, 0.2) is 0 Å². The van der Waals surface area contributed by atoms with E-state index in [4.69, 9.17) is 0 Å². The molecule has 7 heteroatoms. The zero-order valence-corrected chi connectivity index (χ0v) is 16.2. The molecule has 1 aromatic heterocycles. The predicted octanol–water partition coefficient (Wildman–Crippen LogP) is 3.03. The fraction of sp³-hybridized carbons (Fsp3) is 0.150. The van der Waals surface area contributed by atoms with Gasteiger partial charge in [-0.3, -0.25) is 10.2 Å². The highest BCUT2D eigenvalue weighted by atomic mass is 32.2. The Bertz CT molecular complexity index is 1070. The van der Waals surface area contributed by atoms with Crippen LogP contribution in [-0.4, -0.2) is 18.9 Å². The van der Waals surface area contributed by atoms with Crippen LogP contribution < -0.4 is 10.3 Å². The van der Waals surface area contributed by atoms with Crippen molar-refractivity contribution in [2.75, 3.05) is 0 Å². The van der Waals surface area contributed by atoms with Gasteiger partial charge in [0.2, 0.25) is 0 Å². The molecule has 0 spiro atoms. The summed E-state index contributed by atoms with van der Waals surface area (Å²) >= 11 is 0. The molecule has 0 fully saturated rings. The van der Waals surface area contributed by atoms with Crippen molar-refractivity contribution in [3.63, 3.8) is 0 Å². The lowest BCUT2D eigenvalue weighted by atomic mass is 10.2. The summed E-state index contributed by atoms with van der Waals surface area (Å²) in [6, 6.07) is 17.8. The summed E-state index contributed by atoms with van der Waals surface area (Å²) in [5.74, 6) is -0.513. The van der Waals surface area contributed by atoms with Crippen molar-refractivity contribution in [3.8, 4) is 5.69 Å². The van der Waals surface area contributed by atoms with Gasteiger partial charge >= 0.3 is 0 Å². The van der Waals surface area contributed by atoms with Crippen LogP contribution in [0.3, 0.4) is 0 Å². The highest BCUT2D eigenvalue weighted by Crippen LogP contribution is 2.20. The molecule has 0 aliphatic heterocycles. The number of aryl methyl sites for hydroxylation is 2. The Labute approximate surface area is 158 Å². The van der Waals surface area contributed by atoms with Gasteiger partial charge < -0.3 is 4.57 Å². The molecule has 0 saturated heterocycles. The Morgan fingerprint density at radius 2 is 1.56 bits per heavy atom. The molecule has 0 aliphatic rings. The average molecular weight is 383 g/mol. The first kappa shape index (κ1) is 18.9. The van der Waals surface area contributed by atoms with Crippen molar-refractivity contribution < 1.29 is 13.2 Å². The SMILES string of the molecule is Cc1ccc(S(=O)(=O)NNC(=O)c2cc(C)n(-c3ccccc3)c2C)cc1. The van der Waals surface area contributed by atoms with E-state index in [1.54, 1.807) is 18.2 Å². The number of nitrogens with zero attached hydrogens (tertiary/aromatic N) is 1. The van der Waals surface area contributed by atoms with E-state index in [0.29, 0.717) is 5.56 Å². The van der Waals surface area contributed by atoms with Crippen molar-refractivity contribution in [3.05, 3.63) is 83.2 Å². The number of para-hydroxylation sites is 1. The molecule has 0 atom stereocenters. The molecule has 0 aliphatic carbocycles. The van der Waals surface area contributed by atoms with E-state index in [-0.39, 0.29) is 4.90 Å². The standard InChI is InChI=1S/C20H21N3O3S/c1-14-9-11-18(12-10-14)27(25,26)22-21-20(24)19-13-15(2)23(16(19)3)17-7-5-4-6-8-17/h4-13,22H,1-3H3,(H,21,24). The number of nitrogens with one attached hydrogen (secondary N) is 2. The first-order valence-corrected chi connectivity index (χ1v) is 9.91. The van der Waals surface area contributed by atoms with Crippen LogP contribution in [0.2, 0.25) is 0 Å². The number of benzene rings is 2. The first-order chi connectivity index (χ1) is 12.8. The topological polar surface area (TPSA) is 80.2 Å². The van der Waals surface area contributed by atoms with Gasteiger partial charge in [-0.1, -0.05) is 35.9 Å². The van der Waals surface area contributed by atoms with Crippen LogP contribution >= 0.6 is 0 Å². The van der Waals surface area contributed by atoms with Crippen molar-refractivity contribution in [1.29, 1.82) is 0 Å². The van der Waals surface area contributed by atoms with Crippen molar-refractivity contribution in [2.24, 2.45) is 0 Å². The summed E-state index contributed by atoms with van der Waals surface area (Å²) < 4.78 is 26.6. The minimum Gasteiger partial charge on any atom is -0.318 e. The molecular formula is C20H21N3O3S. The fourth-order valence-electron chi connectivity index (χ4n) is 2.92. The summed E-state index contributed by atoms with van der Waals surface area (Å²) in [7, 11) is -3.84. The molecule has 1 heterocycles.